The predicted molar refractivity (Wildman–Crippen MR) is 114 cm³/mol. The van der Waals surface area contributed by atoms with Crippen molar-refractivity contribution in [2.75, 3.05) is 13.7 Å². The average molecular weight is 377 g/mol. The maximum absolute atomic E-state index is 10.1. The predicted octanol–water partition coefficient (Wildman–Crippen LogP) is 5.70. The van der Waals surface area contributed by atoms with Gasteiger partial charge >= 0.3 is 0 Å². The standard InChI is InChI=1S/C25H32N2O/c1-3-4-17-27(19-21-9-6-5-7-10-21)23-13-15-25(20-26,16-14-23)22-11-8-12-24(18-22)28-2/h5-12,18,23H,3-4,13-17,19H2,1-2H3. The van der Waals surface area contributed by atoms with Crippen LogP contribution in [-0.2, 0) is 12.0 Å². The zero-order valence-electron chi connectivity index (χ0n) is 17.2. The van der Waals surface area contributed by atoms with Gasteiger partial charge in [-0.1, -0.05) is 55.8 Å². The number of methoxy groups -OCH3 is 1. The first-order valence-electron chi connectivity index (χ1n) is 10.5. The van der Waals surface area contributed by atoms with Crippen LogP contribution in [0.2, 0.25) is 0 Å². The highest BCUT2D eigenvalue weighted by Gasteiger charge is 2.38. The van der Waals surface area contributed by atoms with Crippen molar-refractivity contribution in [1.29, 1.82) is 5.26 Å². The molecule has 3 nitrogen and oxygen atoms in total. The molecule has 0 aliphatic heterocycles. The van der Waals surface area contributed by atoms with E-state index in [1.54, 1.807) is 7.11 Å². The van der Waals surface area contributed by atoms with E-state index in [2.05, 4.69) is 54.3 Å². The van der Waals surface area contributed by atoms with E-state index in [0.29, 0.717) is 6.04 Å². The molecule has 1 saturated carbocycles. The molecule has 1 fully saturated rings. The fourth-order valence-electron chi connectivity index (χ4n) is 4.42. The molecule has 0 heterocycles. The highest BCUT2D eigenvalue weighted by Crippen LogP contribution is 2.41. The highest BCUT2D eigenvalue weighted by atomic mass is 16.5. The van der Waals surface area contributed by atoms with Crippen LogP contribution < -0.4 is 4.74 Å². The van der Waals surface area contributed by atoms with Crippen LogP contribution in [0.25, 0.3) is 0 Å². The molecule has 0 aromatic heterocycles. The van der Waals surface area contributed by atoms with Gasteiger partial charge in [0.15, 0.2) is 0 Å². The Balaban J connectivity index is 1.72. The van der Waals surface area contributed by atoms with Crippen LogP contribution in [-0.4, -0.2) is 24.6 Å². The maximum Gasteiger partial charge on any atom is 0.119 e. The van der Waals surface area contributed by atoms with Gasteiger partial charge in [-0.25, -0.2) is 0 Å². The second-order valence-electron chi connectivity index (χ2n) is 7.97. The van der Waals surface area contributed by atoms with E-state index < -0.39 is 0 Å². The lowest BCUT2D eigenvalue weighted by Crippen LogP contribution is -2.42. The minimum atomic E-state index is -0.381. The van der Waals surface area contributed by atoms with E-state index in [4.69, 9.17) is 4.74 Å². The summed E-state index contributed by atoms with van der Waals surface area (Å²) in [6.45, 7) is 4.39. The molecule has 1 aliphatic rings. The third-order valence-electron chi connectivity index (χ3n) is 6.19. The number of unbranched alkanes of at least 4 members (excludes halogenated alkanes) is 1. The first-order valence-corrected chi connectivity index (χ1v) is 10.5. The topological polar surface area (TPSA) is 36.3 Å². The molecule has 0 unspecified atom stereocenters. The van der Waals surface area contributed by atoms with Crippen LogP contribution in [0.15, 0.2) is 54.6 Å². The summed E-state index contributed by atoms with van der Waals surface area (Å²) in [5.74, 6) is 0.836. The van der Waals surface area contributed by atoms with Gasteiger partial charge < -0.3 is 4.74 Å². The van der Waals surface area contributed by atoms with Crippen molar-refractivity contribution < 1.29 is 4.74 Å². The Bertz CT molecular complexity index is 773. The highest BCUT2D eigenvalue weighted by molar-refractivity contribution is 5.38. The molecule has 0 atom stereocenters. The molecule has 2 aromatic rings. The molecule has 3 heteroatoms. The Kier molecular flexibility index (Phi) is 7.12. The van der Waals surface area contributed by atoms with E-state index in [9.17, 15) is 5.26 Å². The number of nitriles is 1. The maximum atomic E-state index is 10.1. The van der Waals surface area contributed by atoms with Crippen LogP contribution in [0.1, 0.15) is 56.6 Å². The molecule has 0 saturated heterocycles. The van der Waals surface area contributed by atoms with Crippen LogP contribution in [0.5, 0.6) is 5.75 Å². The summed E-state index contributed by atoms with van der Waals surface area (Å²) in [4.78, 5) is 2.64. The summed E-state index contributed by atoms with van der Waals surface area (Å²) in [6, 6.07) is 22.1. The lowest BCUT2D eigenvalue weighted by Gasteiger charge is -2.40. The average Bonchev–Trinajstić information content (AvgIpc) is 2.77. The van der Waals surface area contributed by atoms with E-state index in [-0.39, 0.29) is 5.41 Å². The molecule has 2 aromatic carbocycles. The Morgan fingerprint density at radius 2 is 1.86 bits per heavy atom. The van der Waals surface area contributed by atoms with E-state index in [1.165, 1.54) is 18.4 Å². The van der Waals surface area contributed by atoms with Gasteiger partial charge in [0.25, 0.3) is 0 Å². The molecule has 1 aliphatic carbocycles. The first-order chi connectivity index (χ1) is 13.7. The van der Waals surface area contributed by atoms with E-state index >= 15 is 0 Å². The second kappa shape index (κ2) is 9.75. The van der Waals surface area contributed by atoms with Gasteiger partial charge in [0.1, 0.15) is 5.75 Å². The SMILES string of the molecule is CCCCN(Cc1ccccc1)C1CCC(C#N)(c2cccc(OC)c2)CC1. The van der Waals surface area contributed by atoms with Crippen LogP contribution in [0, 0.1) is 11.3 Å². The summed E-state index contributed by atoms with van der Waals surface area (Å²) < 4.78 is 5.39. The Labute approximate surface area is 169 Å². The summed E-state index contributed by atoms with van der Waals surface area (Å²) in [7, 11) is 1.68. The van der Waals surface area contributed by atoms with Gasteiger partial charge in [-0.15, -0.1) is 0 Å². The van der Waals surface area contributed by atoms with Crippen molar-refractivity contribution in [2.24, 2.45) is 0 Å². The number of ether oxygens (including phenoxy) is 1. The van der Waals surface area contributed by atoms with Crippen LogP contribution in [0.3, 0.4) is 0 Å². The number of hydrogen-bond acceptors (Lipinski definition) is 3. The molecule has 0 radical (unpaired) electrons. The third kappa shape index (κ3) is 4.75. The number of rotatable bonds is 8. The Morgan fingerprint density at radius 1 is 1.11 bits per heavy atom. The third-order valence-corrected chi connectivity index (χ3v) is 6.19. The van der Waals surface area contributed by atoms with E-state index in [0.717, 1.165) is 50.1 Å². The molecule has 0 N–H and O–H groups in total. The molecule has 0 amide bonds. The molecule has 28 heavy (non-hydrogen) atoms. The Morgan fingerprint density at radius 3 is 2.50 bits per heavy atom. The zero-order valence-corrected chi connectivity index (χ0v) is 17.2. The largest absolute Gasteiger partial charge is 0.497 e. The van der Waals surface area contributed by atoms with E-state index in [1.807, 2.05) is 18.2 Å². The van der Waals surface area contributed by atoms with Crippen molar-refractivity contribution in [3.8, 4) is 11.8 Å². The molecule has 148 valence electrons. The van der Waals surface area contributed by atoms with Gasteiger partial charge in [-0.2, -0.15) is 5.26 Å². The molecule has 0 bridgehead atoms. The molecule has 3 rings (SSSR count). The fourth-order valence-corrected chi connectivity index (χ4v) is 4.42. The van der Waals surface area contributed by atoms with Crippen molar-refractivity contribution in [3.63, 3.8) is 0 Å². The lowest BCUT2D eigenvalue weighted by molar-refractivity contribution is 0.128. The second-order valence-corrected chi connectivity index (χ2v) is 7.97. The zero-order chi connectivity index (χ0) is 19.8. The molecular formula is C25H32N2O. The lowest BCUT2D eigenvalue weighted by atomic mass is 9.69. The van der Waals surface area contributed by atoms with Crippen molar-refractivity contribution in [2.45, 2.75) is 63.5 Å². The van der Waals surface area contributed by atoms with Crippen molar-refractivity contribution in [3.05, 3.63) is 65.7 Å². The quantitative estimate of drug-likeness (QED) is 0.593. The first kappa shape index (κ1) is 20.4. The van der Waals surface area contributed by atoms with Gasteiger partial charge in [0.2, 0.25) is 0 Å². The monoisotopic (exact) mass is 376 g/mol. The van der Waals surface area contributed by atoms with Gasteiger partial charge in [0, 0.05) is 12.6 Å². The summed E-state index contributed by atoms with van der Waals surface area (Å²) in [5, 5.41) is 10.1. The number of hydrogen-bond donors (Lipinski definition) is 0. The van der Waals surface area contributed by atoms with Gasteiger partial charge in [-0.3, -0.25) is 4.90 Å². The van der Waals surface area contributed by atoms with Crippen LogP contribution in [0.4, 0.5) is 0 Å². The van der Waals surface area contributed by atoms with Crippen LogP contribution >= 0.6 is 0 Å². The fraction of sp³-hybridized carbons (Fsp3) is 0.480. The number of nitrogens with zero attached hydrogens (tertiary/aromatic N) is 2. The minimum absolute atomic E-state index is 0.381. The number of benzene rings is 2. The smallest absolute Gasteiger partial charge is 0.119 e. The van der Waals surface area contributed by atoms with Gasteiger partial charge in [-0.05, 0) is 61.9 Å². The Hall–Kier alpha value is -2.31. The van der Waals surface area contributed by atoms with Crippen molar-refractivity contribution >= 4 is 0 Å². The van der Waals surface area contributed by atoms with Gasteiger partial charge in [0.05, 0.1) is 18.6 Å². The molecular weight excluding hydrogens is 344 g/mol. The normalized spacial score (nSPS) is 22.0. The molecule has 0 spiro atoms. The minimum Gasteiger partial charge on any atom is -0.497 e. The summed E-state index contributed by atoms with van der Waals surface area (Å²) >= 11 is 0. The van der Waals surface area contributed by atoms with Crippen molar-refractivity contribution in [1.82, 2.24) is 4.90 Å². The summed E-state index contributed by atoms with van der Waals surface area (Å²) in [5.41, 5.74) is 2.10. The summed E-state index contributed by atoms with van der Waals surface area (Å²) in [6.07, 6.45) is 6.41.